The van der Waals surface area contributed by atoms with Gasteiger partial charge in [-0.2, -0.15) is 0 Å². The lowest BCUT2D eigenvalue weighted by Gasteiger charge is -2.26. The van der Waals surface area contributed by atoms with Gasteiger partial charge in [-0.15, -0.1) is 0 Å². The smallest absolute Gasteiger partial charge is 0.224 e. The highest BCUT2D eigenvalue weighted by atomic mass is 35.5. The molecule has 0 radical (unpaired) electrons. The highest BCUT2D eigenvalue weighted by Crippen LogP contribution is 2.26. The van der Waals surface area contributed by atoms with Gasteiger partial charge >= 0.3 is 0 Å². The number of nitrogens with zero attached hydrogens (tertiary/aromatic N) is 3. The molecule has 0 bridgehead atoms. The molecule has 3 nitrogen and oxygen atoms in total. The van der Waals surface area contributed by atoms with Crippen LogP contribution in [0.5, 0.6) is 0 Å². The summed E-state index contributed by atoms with van der Waals surface area (Å²) in [5, 5.41) is 0.197. The average molecular weight is 280 g/mol. The summed E-state index contributed by atoms with van der Waals surface area (Å²) in [4.78, 5) is 10.1. The first-order valence-corrected chi connectivity index (χ1v) is 6.35. The number of aryl methyl sites for hydroxylation is 1. The molecule has 0 spiro atoms. The maximum absolute atomic E-state index is 13.8. The van der Waals surface area contributed by atoms with Crippen molar-refractivity contribution in [2.24, 2.45) is 0 Å². The van der Waals surface area contributed by atoms with Crippen LogP contribution in [0.15, 0.2) is 30.3 Å². The van der Waals surface area contributed by atoms with Crippen LogP contribution in [0, 0.1) is 12.7 Å². The Morgan fingerprint density at radius 2 is 1.95 bits per heavy atom. The average Bonchev–Trinajstić information content (AvgIpc) is 2.36. The Balaban J connectivity index is 2.33. The van der Waals surface area contributed by atoms with Crippen molar-refractivity contribution in [2.45, 2.75) is 19.9 Å². The van der Waals surface area contributed by atoms with E-state index in [1.54, 1.807) is 12.1 Å². The second kappa shape index (κ2) is 5.53. The van der Waals surface area contributed by atoms with E-state index in [0.29, 0.717) is 11.4 Å². The summed E-state index contributed by atoms with van der Waals surface area (Å²) in [6.07, 6.45) is 0. The fourth-order valence-electron chi connectivity index (χ4n) is 1.92. The monoisotopic (exact) mass is 279 g/mol. The lowest BCUT2D eigenvalue weighted by atomic mass is 10.1. The van der Waals surface area contributed by atoms with Gasteiger partial charge in [-0.3, -0.25) is 0 Å². The number of aromatic nitrogens is 2. The quantitative estimate of drug-likeness (QED) is 0.801. The molecule has 1 unspecified atom stereocenters. The summed E-state index contributed by atoms with van der Waals surface area (Å²) in [6, 6.07) is 8.40. The van der Waals surface area contributed by atoms with E-state index in [9.17, 15) is 4.39 Å². The molecular weight excluding hydrogens is 265 g/mol. The first-order chi connectivity index (χ1) is 8.99. The molecular formula is C14H15ClFN3. The van der Waals surface area contributed by atoms with Gasteiger partial charge in [-0.1, -0.05) is 18.2 Å². The first kappa shape index (κ1) is 13.7. The second-order valence-corrected chi connectivity index (χ2v) is 4.78. The Morgan fingerprint density at radius 1 is 1.26 bits per heavy atom. The Kier molecular flexibility index (Phi) is 4.00. The molecule has 0 aliphatic heterocycles. The maximum Gasteiger partial charge on any atom is 0.224 e. The van der Waals surface area contributed by atoms with Crippen molar-refractivity contribution in [3.8, 4) is 0 Å². The summed E-state index contributed by atoms with van der Waals surface area (Å²) >= 11 is 5.85. The number of hydrogen-bond donors (Lipinski definition) is 0. The van der Waals surface area contributed by atoms with E-state index in [-0.39, 0.29) is 17.1 Å². The molecule has 0 aliphatic carbocycles. The van der Waals surface area contributed by atoms with Crippen molar-refractivity contribution in [1.82, 2.24) is 9.97 Å². The van der Waals surface area contributed by atoms with Crippen molar-refractivity contribution in [3.05, 3.63) is 52.7 Å². The molecule has 0 fully saturated rings. The summed E-state index contributed by atoms with van der Waals surface area (Å²) in [5.41, 5.74) is 1.40. The molecule has 1 aromatic carbocycles. The van der Waals surface area contributed by atoms with Crippen LogP contribution >= 0.6 is 11.6 Å². The number of hydrogen-bond acceptors (Lipinski definition) is 3. The third-order valence-electron chi connectivity index (χ3n) is 3.11. The van der Waals surface area contributed by atoms with Crippen LogP contribution in [0.1, 0.15) is 24.2 Å². The van der Waals surface area contributed by atoms with Crippen LogP contribution in [0.25, 0.3) is 0 Å². The predicted molar refractivity (Wildman–Crippen MR) is 75.0 cm³/mol. The molecule has 1 atom stereocenters. The van der Waals surface area contributed by atoms with Crippen LogP contribution in [-0.2, 0) is 0 Å². The van der Waals surface area contributed by atoms with E-state index >= 15 is 0 Å². The molecule has 0 amide bonds. The van der Waals surface area contributed by atoms with E-state index in [0.717, 1.165) is 5.69 Å². The zero-order chi connectivity index (χ0) is 14.0. The number of benzene rings is 1. The maximum atomic E-state index is 13.8. The topological polar surface area (TPSA) is 29.0 Å². The summed E-state index contributed by atoms with van der Waals surface area (Å²) in [7, 11) is 1.86. The number of anilines is 1. The zero-order valence-corrected chi connectivity index (χ0v) is 11.8. The van der Waals surface area contributed by atoms with Crippen molar-refractivity contribution in [2.75, 3.05) is 11.9 Å². The van der Waals surface area contributed by atoms with Crippen LogP contribution in [-0.4, -0.2) is 17.0 Å². The van der Waals surface area contributed by atoms with Gasteiger partial charge in [0.25, 0.3) is 0 Å². The normalized spacial score (nSPS) is 12.3. The highest BCUT2D eigenvalue weighted by molar-refractivity contribution is 6.28. The van der Waals surface area contributed by atoms with Gasteiger partial charge in [-0.05, 0) is 31.5 Å². The minimum atomic E-state index is -0.223. The summed E-state index contributed by atoms with van der Waals surface area (Å²) in [5.74, 6) is 0.451. The van der Waals surface area contributed by atoms with Crippen molar-refractivity contribution >= 4 is 17.4 Å². The zero-order valence-electron chi connectivity index (χ0n) is 11.1. The van der Waals surface area contributed by atoms with Gasteiger partial charge in [0, 0.05) is 24.4 Å². The summed E-state index contributed by atoms with van der Waals surface area (Å²) < 4.78 is 13.8. The highest BCUT2D eigenvalue weighted by Gasteiger charge is 2.17. The van der Waals surface area contributed by atoms with Crippen LogP contribution in [0.4, 0.5) is 10.2 Å². The lowest BCUT2D eigenvalue weighted by Crippen LogP contribution is -2.23. The number of halogens is 2. The van der Waals surface area contributed by atoms with E-state index in [1.165, 1.54) is 6.07 Å². The van der Waals surface area contributed by atoms with Crippen molar-refractivity contribution in [1.29, 1.82) is 0 Å². The van der Waals surface area contributed by atoms with Crippen LogP contribution in [0.2, 0.25) is 5.28 Å². The Morgan fingerprint density at radius 3 is 2.58 bits per heavy atom. The molecule has 0 saturated carbocycles. The Hall–Kier alpha value is -1.68. The van der Waals surface area contributed by atoms with Gasteiger partial charge in [0.05, 0.1) is 6.04 Å². The van der Waals surface area contributed by atoms with Gasteiger partial charge in [0.2, 0.25) is 5.28 Å². The number of rotatable bonds is 3. The minimum absolute atomic E-state index is 0.147. The largest absolute Gasteiger partial charge is 0.353 e. The van der Waals surface area contributed by atoms with Gasteiger partial charge in [0.1, 0.15) is 11.6 Å². The fraction of sp³-hybridized carbons (Fsp3) is 0.286. The molecule has 0 aliphatic rings. The van der Waals surface area contributed by atoms with E-state index in [4.69, 9.17) is 11.6 Å². The molecule has 19 heavy (non-hydrogen) atoms. The Bertz CT molecular complexity index is 568. The molecule has 100 valence electrons. The molecule has 2 aromatic rings. The first-order valence-electron chi connectivity index (χ1n) is 5.97. The summed E-state index contributed by atoms with van der Waals surface area (Å²) in [6.45, 7) is 3.77. The van der Waals surface area contributed by atoms with E-state index in [2.05, 4.69) is 9.97 Å². The van der Waals surface area contributed by atoms with Gasteiger partial charge < -0.3 is 4.90 Å². The lowest BCUT2D eigenvalue weighted by molar-refractivity contribution is 0.584. The van der Waals surface area contributed by atoms with E-state index in [1.807, 2.05) is 37.9 Å². The van der Waals surface area contributed by atoms with Crippen LogP contribution in [0.3, 0.4) is 0 Å². The molecule has 2 rings (SSSR count). The third-order valence-corrected chi connectivity index (χ3v) is 3.28. The third kappa shape index (κ3) is 3.01. The molecule has 0 N–H and O–H groups in total. The minimum Gasteiger partial charge on any atom is -0.353 e. The predicted octanol–water partition coefficient (Wildman–Crippen LogP) is 3.77. The van der Waals surface area contributed by atoms with Gasteiger partial charge in [0.15, 0.2) is 0 Å². The van der Waals surface area contributed by atoms with Crippen molar-refractivity contribution in [3.63, 3.8) is 0 Å². The fourth-order valence-corrected chi connectivity index (χ4v) is 2.14. The van der Waals surface area contributed by atoms with Crippen molar-refractivity contribution < 1.29 is 4.39 Å². The second-order valence-electron chi connectivity index (χ2n) is 4.44. The molecule has 5 heteroatoms. The molecule has 1 aromatic heterocycles. The van der Waals surface area contributed by atoms with Gasteiger partial charge in [-0.25, -0.2) is 14.4 Å². The standard InChI is InChI=1S/C14H15ClFN3/c1-9-8-13(18-14(15)17-9)19(3)10(2)11-6-4-5-7-12(11)16/h4-8,10H,1-3H3. The Labute approximate surface area is 117 Å². The van der Waals surface area contributed by atoms with E-state index < -0.39 is 0 Å². The molecule has 1 heterocycles. The van der Waals surface area contributed by atoms with Crippen LogP contribution < -0.4 is 4.90 Å². The molecule has 0 saturated heterocycles. The SMILES string of the molecule is Cc1cc(N(C)C(C)c2ccccc2F)nc(Cl)n1.